The van der Waals surface area contributed by atoms with E-state index >= 15 is 0 Å². The molecule has 1 aromatic carbocycles. The van der Waals surface area contributed by atoms with Crippen LogP contribution in [0.2, 0.25) is 0 Å². The van der Waals surface area contributed by atoms with Gasteiger partial charge >= 0.3 is 0 Å². The van der Waals surface area contributed by atoms with Gasteiger partial charge in [0.15, 0.2) is 5.78 Å². The Morgan fingerprint density at radius 1 is 1.19 bits per heavy atom. The second kappa shape index (κ2) is 11.0. The molecule has 7 nitrogen and oxygen atoms in total. The number of benzene rings is 1. The summed E-state index contributed by atoms with van der Waals surface area (Å²) >= 11 is 0. The Bertz CT molecular complexity index is 1280. The number of ketones is 1. The topological polar surface area (TPSA) is 108 Å². The standard InChI is InChI=1S/C27H28F3N3O4/c1-27(2)13-16(31)10-24(37-27)18-5-6-32-14-15(18)9-23(35)22-4-3-19(28)26(33-22)25-20(29)11-17(12-21(25)30)36-8-7-34/h3-6,11-12,14,16,24,34H,7-10,13,31H2,1-2H3/t16-,24+/m1/s1. The molecule has 0 saturated carbocycles. The minimum Gasteiger partial charge on any atom is -0.491 e. The monoisotopic (exact) mass is 515 g/mol. The lowest BCUT2D eigenvalue weighted by Gasteiger charge is -2.40. The fourth-order valence-corrected chi connectivity index (χ4v) is 4.62. The molecule has 196 valence electrons. The molecule has 3 aromatic rings. The summed E-state index contributed by atoms with van der Waals surface area (Å²) in [5, 5.41) is 8.83. The first-order valence-corrected chi connectivity index (χ1v) is 11.9. The first kappa shape index (κ1) is 26.7. The first-order chi connectivity index (χ1) is 17.6. The maximum atomic E-state index is 14.7. The Balaban J connectivity index is 1.62. The zero-order valence-corrected chi connectivity index (χ0v) is 20.5. The number of carbonyl (C=O) groups is 1. The fraction of sp³-hybridized carbons (Fsp3) is 0.370. The lowest BCUT2D eigenvalue weighted by atomic mass is 9.87. The van der Waals surface area contributed by atoms with Crippen LogP contribution in [-0.4, -0.2) is 45.7 Å². The molecule has 0 radical (unpaired) electrons. The number of nitrogens with zero attached hydrogens (tertiary/aromatic N) is 2. The van der Waals surface area contributed by atoms with Crippen LogP contribution in [0.3, 0.4) is 0 Å². The molecule has 1 aliphatic heterocycles. The number of Topliss-reactive ketones (excluding diaryl/α,β-unsaturated/α-hetero) is 1. The number of nitrogens with two attached hydrogens (primary N) is 1. The molecule has 0 unspecified atom stereocenters. The third-order valence-electron chi connectivity index (χ3n) is 6.12. The van der Waals surface area contributed by atoms with Gasteiger partial charge in [0.25, 0.3) is 0 Å². The summed E-state index contributed by atoms with van der Waals surface area (Å²) in [5.41, 5.74) is 5.64. The van der Waals surface area contributed by atoms with Gasteiger partial charge in [-0.3, -0.25) is 9.78 Å². The molecular weight excluding hydrogens is 487 g/mol. The number of pyridine rings is 2. The largest absolute Gasteiger partial charge is 0.491 e. The number of rotatable bonds is 8. The van der Waals surface area contributed by atoms with Crippen molar-refractivity contribution in [3.63, 3.8) is 0 Å². The second-order valence-electron chi connectivity index (χ2n) is 9.60. The van der Waals surface area contributed by atoms with Gasteiger partial charge in [0.05, 0.1) is 23.9 Å². The fourth-order valence-electron chi connectivity index (χ4n) is 4.62. The third-order valence-corrected chi connectivity index (χ3v) is 6.12. The van der Waals surface area contributed by atoms with Crippen LogP contribution in [0.15, 0.2) is 42.7 Å². The molecule has 3 N–H and O–H groups in total. The van der Waals surface area contributed by atoms with E-state index in [9.17, 15) is 18.0 Å². The molecule has 1 aliphatic rings. The minimum atomic E-state index is -1.12. The second-order valence-corrected chi connectivity index (χ2v) is 9.60. The van der Waals surface area contributed by atoms with Crippen molar-refractivity contribution < 1.29 is 32.5 Å². The molecule has 0 amide bonds. The molecule has 1 fully saturated rings. The summed E-state index contributed by atoms with van der Waals surface area (Å²) < 4.78 is 55.3. The number of aromatic nitrogens is 2. The normalized spacial score (nSPS) is 19.0. The zero-order valence-electron chi connectivity index (χ0n) is 20.5. The van der Waals surface area contributed by atoms with Gasteiger partial charge in [-0.05, 0) is 56.0 Å². The van der Waals surface area contributed by atoms with Crippen molar-refractivity contribution in [2.75, 3.05) is 13.2 Å². The molecule has 0 spiro atoms. The average Bonchev–Trinajstić information content (AvgIpc) is 2.82. The van der Waals surface area contributed by atoms with E-state index in [0.29, 0.717) is 18.4 Å². The van der Waals surface area contributed by atoms with Crippen molar-refractivity contribution >= 4 is 5.78 Å². The highest BCUT2D eigenvalue weighted by molar-refractivity contribution is 5.96. The minimum absolute atomic E-state index is 0.0722. The van der Waals surface area contributed by atoms with Crippen LogP contribution in [0.1, 0.15) is 54.4 Å². The molecule has 2 atom stereocenters. The Labute approximate surface area is 212 Å². The van der Waals surface area contributed by atoms with Crippen molar-refractivity contribution in [3.8, 4) is 17.0 Å². The quantitative estimate of drug-likeness (QED) is 0.431. The van der Waals surface area contributed by atoms with Gasteiger partial charge in [-0.1, -0.05) is 0 Å². The van der Waals surface area contributed by atoms with Crippen molar-refractivity contribution in [2.45, 2.75) is 50.9 Å². The van der Waals surface area contributed by atoms with E-state index in [-0.39, 0.29) is 43.2 Å². The van der Waals surface area contributed by atoms with Crippen LogP contribution in [0.25, 0.3) is 11.3 Å². The summed E-state index contributed by atoms with van der Waals surface area (Å²) in [7, 11) is 0. The van der Waals surface area contributed by atoms with Gasteiger partial charge in [-0.15, -0.1) is 0 Å². The van der Waals surface area contributed by atoms with Gasteiger partial charge in [0, 0.05) is 37.0 Å². The number of hydrogen-bond acceptors (Lipinski definition) is 7. The van der Waals surface area contributed by atoms with Crippen molar-refractivity contribution in [2.24, 2.45) is 5.73 Å². The summed E-state index contributed by atoms with van der Waals surface area (Å²) in [6, 6.07) is 5.54. The van der Waals surface area contributed by atoms with Gasteiger partial charge in [-0.2, -0.15) is 0 Å². The molecular formula is C27H28F3N3O4. The molecule has 10 heteroatoms. The van der Waals surface area contributed by atoms with Crippen LogP contribution in [-0.2, 0) is 11.2 Å². The van der Waals surface area contributed by atoms with Gasteiger partial charge < -0.3 is 20.3 Å². The van der Waals surface area contributed by atoms with E-state index in [1.807, 2.05) is 13.8 Å². The third kappa shape index (κ3) is 6.15. The van der Waals surface area contributed by atoms with E-state index in [1.165, 1.54) is 6.07 Å². The maximum absolute atomic E-state index is 14.7. The van der Waals surface area contributed by atoms with Gasteiger partial charge in [-0.25, -0.2) is 18.2 Å². The Kier molecular flexibility index (Phi) is 7.91. The van der Waals surface area contributed by atoms with Crippen LogP contribution >= 0.6 is 0 Å². The molecule has 0 bridgehead atoms. The van der Waals surface area contributed by atoms with E-state index in [0.717, 1.165) is 23.8 Å². The Hall–Kier alpha value is -3.34. The Morgan fingerprint density at radius 2 is 1.92 bits per heavy atom. The molecule has 37 heavy (non-hydrogen) atoms. The highest BCUT2D eigenvalue weighted by atomic mass is 19.1. The highest BCUT2D eigenvalue weighted by Crippen LogP contribution is 2.38. The lowest BCUT2D eigenvalue weighted by Crippen LogP contribution is -2.42. The molecule has 1 saturated heterocycles. The average molecular weight is 516 g/mol. The summed E-state index contributed by atoms with van der Waals surface area (Å²) in [6.45, 7) is 3.40. The van der Waals surface area contributed by atoms with E-state index in [1.54, 1.807) is 18.5 Å². The molecule has 4 rings (SSSR count). The molecule has 2 aromatic heterocycles. The van der Waals surface area contributed by atoms with Gasteiger partial charge in [0.2, 0.25) is 0 Å². The van der Waals surface area contributed by atoms with E-state index in [2.05, 4.69) is 9.97 Å². The first-order valence-electron chi connectivity index (χ1n) is 11.9. The maximum Gasteiger partial charge on any atom is 0.185 e. The summed E-state index contributed by atoms with van der Waals surface area (Å²) in [4.78, 5) is 21.3. The van der Waals surface area contributed by atoms with Crippen LogP contribution in [0.5, 0.6) is 5.75 Å². The van der Waals surface area contributed by atoms with Crippen LogP contribution in [0, 0.1) is 17.5 Å². The SMILES string of the molecule is CC1(C)C[C@H](N)C[C@@H](c2ccncc2CC(=O)c2ccc(F)c(-c3c(F)cc(OCCO)cc3F)n2)O1. The number of hydrogen-bond donors (Lipinski definition) is 2. The lowest BCUT2D eigenvalue weighted by molar-refractivity contribution is -0.115. The van der Waals surface area contributed by atoms with Crippen molar-refractivity contribution in [3.05, 3.63) is 77.0 Å². The smallest absolute Gasteiger partial charge is 0.185 e. The van der Waals surface area contributed by atoms with Crippen molar-refractivity contribution in [1.82, 2.24) is 9.97 Å². The highest BCUT2D eigenvalue weighted by Gasteiger charge is 2.35. The zero-order chi connectivity index (χ0) is 26.7. The van der Waals surface area contributed by atoms with Crippen molar-refractivity contribution in [1.29, 1.82) is 0 Å². The number of carbonyl (C=O) groups excluding carboxylic acids is 1. The summed E-state index contributed by atoms with van der Waals surface area (Å²) in [6.07, 6.45) is 3.97. The predicted octanol–water partition coefficient (Wildman–Crippen LogP) is 4.31. The summed E-state index contributed by atoms with van der Waals surface area (Å²) in [5.74, 6) is -3.89. The number of aliphatic hydroxyl groups excluding tert-OH is 1. The predicted molar refractivity (Wildman–Crippen MR) is 130 cm³/mol. The number of aliphatic hydroxyl groups is 1. The van der Waals surface area contributed by atoms with E-state index in [4.69, 9.17) is 20.3 Å². The molecule has 0 aliphatic carbocycles. The number of halogens is 3. The van der Waals surface area contributed by atoms with Crippen LogP contribution < -0.4 is 10.5 Å². The molecule has 3 heterocycles. The van der Waals surface area contributed by atoms with Gasteiger partial charge in [0.1, 0.15) is 41.2 Å². The number of ether oxygens (including phenoxy) is 2. The van der Waals surface area contributed by atoms with E-state index < -0.39 is 40.1 Å². The van der Waals surface area contributed by atoms with Crippen LogP contribution in [0.4, 0.5) is 13.2 Å². The Morgan fingerprint density at radius 3 is 2.59 bits per heavy atom.